The molecule has 29 heavy (non-hydrogen) atoms. The zero-order chi connectivity index (χ0) is 20.3. The maximum atomic E-state index is 13.2. The van der Waals surface area contributed by atoms with Crippen LogP contribution in [0.5, 0.6) is 0 Å². The van der Waals surface area contributed by atoms with Gasteiger partial charge in [0.15, 0.2) is 0 Å². The SMILES string of the molecule is Cc1ccc(CSc2oc(-c3ccccc3)nc2S(=O)(=O)c2ccccc2)cc1. The van der Waals surface area contributed by atoms with Crippen molar-refractivity contribution in [1.82, 2.24) is 4.98 Å². The van der Waals surface area contributed by atoms with E-state index < -0.39 is 9.84 Å². The standard InChI is InChI=1S/C23H19NO3S2/c1-17-12-14-18(15-13-17)16-28-23-22(29(25,26)20-10-6-3-7-11-20)24-21(27-23)19-8-4-2-5-9-19/h2-15H,16H2,1H3. The van der Waals surface area contributed by atoms with E-state index in [0.717, 1.165) is 11.1 Å². The summed E-state index contributed by atoms with van der Waals surface area (Å²) in [6, 6.07) is 25.8. The van der Waals surface area contributed by atoms with E-state index in [1.807, 2.05) is 61.5 Å². The fourth-order valence-corrected chi connectivity index (χ4v) is 5.31. The van der Waals surface area contributed by atoms with Crippen molar-refractivity contribution in [1.29, 1.82) is 0 Å². The Balaban J connectivity index is 1.74. The number of aryl methyl sites for hydroxylation is 1. The second-order valence-electron chi connectivity index (χ2n) is 6.57. The molecule has 0 atom stereocenters. The Morgan fingerprint density at radius 1 is 0.862 bits per heavy atom. The van der Waals surface area contributed by atoms with Gasteiger partial charge in [0.05, 0.1) is 4.90 Å². The van der Waals surface area contributed by atoms with Crippen LogP contribution in [0.3, 0.4) is 0 Å². The molecule has 0 N–H and O–H groups in total. The molecule has 0 saturated heterocycles. The number of hydrogen-bond acceptors (Lipinski definition) is 5. The van der Waals surface area contributed by atoms with Gasteiger partial charge in [0.2, 0.25) is 25.8 Å². The van der Waals surface area contributed by atoms with E-state index in [9.17, 15) is 8.42 Å². The smallest absolute Gasteiger partial charge is 0.228 e. The topological polar surface area (TPSA) is 60.2 Å². The van der Waals surface area contributed by atoms with E-state index in [2.05, 4.69) is 4.98 Å². The molecule has 0 aliphatic carbocycles. The molecule has 0 aliphatic rings. The highest BCUT2D eigenvalue weighted by molar-refractivity contribution is 7.99. The third-order valence-electron chi connectivity index (χ3n) is 4.39. The molecular formula is C23H19NO3S2. The Labute approximate surface area is 174 Å². The first-order valence-electron chi connectivity index (χ1n) is 9.09. The fraction of sp³-hybridized carbons (Fsp3) is 0.0870. The summed E-state index contributed by atoms with van der Waals surface area (Å²) in [4.78, 5) is 4.58. The lowest BCUT2D eigenvalue weighted by Gasteiger charge is -2.04. The van der Waals surface area contributed by atoms with Gasteiger partial charge in [-0.15, -0.1) is 0 Å². The first-order chi connectivity index (χ1) is 14.0. The maximum absolute atomic E-state index is 13.2. The van der Waals surface area contributed by atoms with Crippen molar-refractivity contribution in [3.05, 3.63) is 96.1 Å². The second-order valence-corrected chi connectivity index (χ2v) is 9.38. The average molecular weight is 422 g/mol. The fourth-order valence-electron chi connectivity index (χ4n) is 2.80. The van der Waals surface area contributed by atoms with Gasteiger partial charge in [-0.3, -0.25) is 0 Å². The summed E-state index contributed by atoms with van der Waals surface area (Å²) in [6.45, 7) is 2.03. The Morgan fingerprint density at radius 3 is 2.14 bits per heavy atom. The van der Waals surface area contributed by atoms with Crippen LogP contribution in [-0.2, 0) is 15.6 Å². The minimum atomic E-state index is -3.79. The number of benzene rings is 3. The van der Waals surface area contributed by atoms with Gasteiger partial charge < -0.3 is 4.42 Å². The lowest BCUT2D eigenvalue weighted by Crippen LogP contribution is -2.03. The molecule has 1 heterocycles. The molecule has 0 amide bonds. The van der Waals surface area contributed by atoms with Crippen LogP contribution in [0.15, 0.2) is 104 Å². The molecule has 0 radical (unpaired) electrons. The van der Waals surface area contributed by atoms with Gasteiger partial charge in [-0.2, -0.15) is 4.98 Å². The van der Waals surface area contributed by atoms with E-state index in [0.29, 0.717) is 16.7 Å². The molecule has 4 aromatic rings. The lowest BCUT2D eigenvalue weighted by molar-refractivity contribution is 0.470. The Bertz CT molecular complexity index is 1200. The minimum Gasteiger partial charge on any atom is -0.428 e. The molecule has 0 fully saturated rings. The zero-order valence-corrected chi connectivity index (χ0v) is 17.4. The summed E-state index contributed by atoms with van der Waals surface area (Å²) in [5.41, 5.74) is 3.00. The summed E-state index contributed by atoms with van der Waals surface area (Å²) in [5.74, 6) is 0.882. The Morgan fingerprint density at radius 2 is 1.48 bits per heavy atom. The minimum absolute atomic E-state index is 0.0420. The van der Waals surface area contributed by atoms with Crippen LogP contribution >= 0.6 is 11.8 Å². The van der Waals surface area contributed by atoms with Crippen LogP contribution in [-0.4, -0.2) is 13.4 Å². The van der Waals surface area contributed by atoms with Crippen molar-refractivity contribution in [2.45, 2.75) is 27.7 Å². The van der Waals surface area contributed by atoms with Gasteiger partial charge in [-0.05, 0) is 36.8 Å². The first-order valence-corrected chi connectivity index (χ1v) is 11.6. The van der Waals surface area contributed by atoms with E-state index in [-0.39, 0.29) is 9.92 Å². The molecular weight excluding hydrogens is 402 g/mol. The molecule has 0 spiro atoms. The van der Waals surface area contributed by atoms with E-state index in [4.69, 9.17) is 4.42 Å². The summed E-state index contributed by atoms with van der Waals surface area (Å²) in [5, 5.41) is 0.257. The first kappa shape index (κ1) is 19.5. The van der Waals surface area contributed by atoms with E-state index in [1.54, 1.807) is 30.3 Å². The molecule has 3 aromatic carbocycles. The van der Waals surface area contributed by atoms with Crippen LogP contribution in [0.4, 0.5) is 0 Å². The molecule has 0 saturated carbocycles. The highest BCUT2D eigenvalue weighted by Crippen LogP contribution is 2.36. The van der Waals surface area contributed by atoms with Gasteiger partial charge in [0, 0.05) is 11.3 Å². The molecule has 4 nitrogen and oxygen atoms in total. The predicted octanol–water partition coefficient (Wildman–Crippen LogP) is 5.78. The Kier molecular flexibility index (Phi) is 5.56. The number of rotatable bonds is 6. The molecule has 6 heteroatoms. The van der Waals surface area contributed by atoms with E-state index >= 15 is 0 Å². The van der Waals surface area contributed by atoms with Crippen LogP contribution in [0.2, 0.25) is 0 Å². The number of oxazole rings is 1. The van der Waals surface area contributed by atoms with Crippen molar-refractivity contribution < 1.29 is 12.8 Å². The van der Waals surface area contributed by atoms with Gasteiger partial charge in [-0.1, -0.05) is 78.0 Å². The lowest BCUT2D eigenvalue weighted by atomic mass is 10.2. The van der Waals surface area contributed by atoms with Crippen LogP contribution < -0.4 is 0 Å². The normalized spacial score (nSPS) is 11.5. The van der Waals surface area contributed by atoms with Gasteiger partial charge >= 0.3 is 0 Å². The summed E-state index contributed by atoms with van der Waals surface area (Å²) in [6.07, 6.45) is 0. The largest absolute Gasteiger partial charge is 0.428 e. The van der Waals surface area contributed by atoms with Crippen LogP contribution in [0, 0.1) is 6.92 Å². The maximum Gasteiger partial charge on any atom is 0.228 e. The van der Waals surface area contributed by atoms with E-state index in [1.165, 1.54) is 17.3 Å². The summed E-state index contributed by atoms with van der Waals surface area (Å²) in [7, 11) is -3.79. The van der Waals surface area contributed by atoms with Crippen LogP contribution in [0.25, 0.3) is 11.5 Å². The van der Waals surface area contributed by atoms with Gasteiger partial charge in [0.25, 0.3) is 0 Å². The highest BCUT2D eigenvalue weighted by atomic mass is 32.2. The molecule has 0 unspecified atom stereocenters. The third kappa shape index (κ3) is 4.28. The molecule has 4 rings (SSSR count). The quantitative estimate of drug-likeness (QED) is 0.370. The van der Waals surface area contributed by atoms with Crippen LogP contribution in [0.1, 0.15) is 11.1 Å². The van der Waals surface area contributed by atoms with Crippen molar-refractivity contribution in [3.8, 4) is 11.5 Å². The average Bonchev–Trinajstić information content (AvgIpc) is 3.20. The molecule has 1 aromatic heterocycles. The molecule has 0 aliphatic heterocycles. The van der Waals surface area contributed by atoms with Crippen molar-refractivity contribution >= 4 is 21.6 Å². The van der Waals surface area contributed by atoms with Gasteiger partial charge in [-0.25, -0.2) is 8.42 Å². The monoisotopic (exact) mass is 421 g/mol. The van der Waals surface area contributed by atoms with Gasteiger partial charge in [0.1, 0.15) is 0 Å². The molecule has 146 valence electrons. The number of sulfone groups is 1. The highest BCUT2D eigenvalue weighted by Gasteiger charge is 2.28. The summed E-state index contributed by atoms with van der Waals surface area (Å²) >= 11 is 1.33. The number of hydrogen-bond donors (Lipinski definition) is 0. The van der Waals surface area contributed by atoms with Crippen molar-refractivity contribution in [2.75, 3.05) is 0 Å². The zero-order valence-electron chi connectivity index (χ0n) is 15.8. The second kappa shape index (κ2) is 8.27. The van der Waals surface area contributed by atoms with Crippen molar-refractivity contribution in [3.63, 3.8) is 0 Å². The number of thioether (sulfide) groups is 1. The Hall–Kier alpha value is -2.83. The predicted molar refractivity (Wildman–Crippen MR) is 115 cm³/mol. The third-order valence-corrected chi connectivity index (χ3v) is 7.21. The number of aromatic nitrogens is 1. The summed E-state index contributed by atoms with van der Waals surface area (Å²) < 4.78 is 32.4. The van der Waals surface area contributed by atoms with Crippen molar-refractivity contribution in [2.24, 2.45) is 0 Å². The molecule has 0 bridgehead atoms. The number of nitrogens with zero attached hydrogens (tertiary/aromatic N) is 1.